The maximum Gasteiger partial charge on any atom is 0.251 e. The normalized spacial score (nSPS) is 16.8. The molecule has 1 saturated heterocycles. The zero-order valence-corrected chi connectivity index (χ0v) is 18.0. The van der Waals surface area contributed by atoms with Crippen molar-refractivity contribution in [3.05, 3.63) is 70.4 Å². The second-order valence-electron chi connectivity index (χ2n) is 7.66. The van der Waals surface area contributed by atoms with Crippen molar-refractivity contribution in [3.8, 4) is 22.9 Å². The predicted octanol–water partition coefficient (Wildman–Crippen LogP) is 3.97. The van der Waals surface area contributed by atoms with Gasteiger partial charge >= 0.3 is 0 Å². The quantitative estimate of drug-likeness (QED) is 0.623. The molecule has 7 nitrogen and oxygen atoms in total. The first-order valence-corrected chi connectivity index (χ1v) is 10.7. The molecule has 0 amide bonds. The highest BCUT2D eigenvalue weighted by Gasteiger charge is 2.26. The zero-order valence-electron chi connectivity index (χ0n) is 18.0. The van der Waals surface area contributed by atoms with Crippen molar-refractivity contribution >= 4 is 0 Å². The fraction of sp³-hybridized carbons (Fsp3) is 0.375. The van der Waals surface area contributed by atoms with Crippen LogP contribution in [0.1, 0.15) is 43.5 Å². The van der Waals surface area contributed by atoms with Crippen molar-refractivity contribution in [2.75, 3.05) is 20.3 Å². The smallest absolute Gasteiger partial charge is 0.251 e. The van der Waals surface area contributed by atoms with Gasteiger partial charge in [0.25, 0.3) is 5.56 Å². The van der Waals surface area contributed by atoms with Crippen LogP contribution in [0.4, 0.5) is 0 Å². The van der Waals surface area contributed by atoms with Crippen molar-refractivity contribution in [2.45, 2.75) is 38.8 Å². The summed E-state index contributed by atoms with van der Waals surface area (Å²) in [6.45, 7) is 4.26. The van der Waals surface area contributed by atoms with E-state index in [1.54, 1.807) is 25.6 Å². The van der Waals surface area contributed by atoms with E-state index >= 15 is 0 Å². The Bertz CT molecular complexity index is 1070. The lowest BCUT2D eigenvalue weighted by atomic mass is 9.98. The van der Waals surface area contributed by atoms with E-state index < -0.39 is 0 Å². The van der Waals surface area contributed by atoms with Crippen molar-refractivity contribution in [1.82, 2.24) is 19.9 Å². The molecule has 1 aliphatic rings. The Balaban J connectivity index is 1.61. The second kappa shape index (κ2) is 9.75. The zero-order chi connectivity index (χ0) is 21.6. The fourth-order valence-corrected chi connectivity index (χ4v) is 4.12. The molecule has 1 aromatic carbocycles. The Hall–Kier alpha value is -3.19. The average molecular weight is 421 g/mol. The molecule has 162 valence electrons. The van der Waals surface area contributed by atoms with E-state index in [1.807, 2.05) is 31.2 Å². The van der Waals surface area contributed by atoms with Gasteiger partial charge in [-0.3, -0.25) is 14.7 Å². The highest BCUT2D eigenvalue weighted by Crippen LogP contribution is 2.33. The van der Waals surface area contributed by atoms with E-state index in [1.165, 1.54) is 0 Å². The summed E-state index contributed by atoms with van der Waals surface area (Å²) < 4.78 is 11.2. The van der Waals surface area contributed by atoms with E-state index in [0.29, 0.717) is 12.4 Å². The van der Waals surface area contributed by atoms with E-state index in [0.717, 1.165) is 60.7 Å². The first kappa shape index (κ1) is 21.1. The molecule has 1 atom stereocenters. The number of nitrogens with one attached hydrogen (secondary N) is 1. The molecule has 1 N–H and O–H groups in total. The van der Waals surface area contributed by atoms with Crippen LogP contribution in [-0.2, 0) is 6.54 Å². The predicted molar refractivity (Wildman–Crippen MR) is 119 cm³/mol. The molecule has 0 radical (unpaired) electrons. The number of pyridine rings is 1. The van der Waals surface area contributed by atoms with Crippen LogP contribution in [0.3, 0.4) is 0 Å². The van der Waals surface area contributed by atoms with Crippen LogP contribution < -0.4 is 15.0 Å². The summed E-state index contributed by atoms with van der Waals surface area (Å²) >= 11 is 0. The molecule has 0 bridgehead atoms. The number of nitrogens with zero attached hydrogens (tertiary/aromatic N) is 3. The highest BCUT2D eigenvalue weighted by atomic mass is 16.5. The number of H-pyrrole nitrogens is 1. The number of aromatic nitrogens is 3. The third-order valence-corrected chi connectivity index (χ3v) is 5.57. The van der Waals surface area contributed by atoms with Crippen LogP contribution in [-0.4, -0.2) is 40.1 Å². The molecule has 0 unspecified atom stereocenters. The van der Waals surface area contributed by atoms with Gasteiger partial charge in [-0.25, -0.2) is 4.98 Å². The highest BCUT2D eigenvalue weighted by molar-refractivity contribution is 5.52. The number of methoxy groups -OCH3 is 1. The molecule has 7 heteroatoms. The summed E-state index contributed by atoms with van der Waals surface area (Å²) in [6.07, 6.45) is 6.64. The van der Waals surface area contributed by atoms with Crippen LogP contribution in [0.15, 0.2) is 53.6 Å². The number of hydrogen-bond donors (Lipinski definition) is 1. The minimum atomic E-state index is -0.142. The minimum absolute atomic E-state index is 0.0871. The van der Waals surface area contributed by atoms with Crippen molar-refractivity contribution in [2.24, 2.45) is 0 Å². The molecule has 4 rings (SSSR count). The number of ether oxygens (including phenoxy) is 2. The number of rotatable bonds is 7. The number of piperidine rings is 1. The topological polar surface area (TPSA) is 80.3 Å². The van der Waals surface area contributed by atoms with Gasteiger partial charge in [-0.2, -0.15) is 0 Å². The third kappa shape index (κ3) is 4.94. The van der Waals surface area contributed by atoms with Gasteiger partial charge in [0.1, 0.15) is 5.82 Å². The Morgan fingerprint density at radius 2 is 2.10 bits per heavy atom. The van der Waals surface area contributed by atoms with Gasteiger partial charge < -0.3 is 14.5 Å². The van der Waals surface area contributed by atoms with E-state index in [9.17, 15) is 4.79 Å². The average Bonchev–Trinajstić information content (AvgIpc) is 2.81. The first-order valence-electron chi connectivity index (χ1n) is 10.7. The summed E-state index contributed by atoms with van der Waals surface area (Å²) in [7, 11) is 1.66. The summed E-state index contributed by atoms with van der Waals surface area (Å²) in [5.74, 6) is 2.05. The number of hydrogen-bond acceptors (Lipinski definition) is 6. The monoisotopic (exact) mass is 420 g/mol. The van der Waals surface area contributed by atoms with Gasteiger partial charge in [0.15, 0.2) is 11.5 Å². The third-order valence-electron chi connectivity index (χ3n) is 5.57. The molecule has 0 saturated carbocycles. The Morgan fingerprint density at radius 3 is 2.87 bits per heavy atom. The second-order valence-corrected chi connectivity index (χ2v) is 7.66. The Labute approximate surface area is 182 Å². The summed E-state index contributed by atoms with van der Waals surface area (Å²) in [4.78, 5) is 26.6. The van der Waals surface area contributed by atoms with Crippen molar-refractivity contribution in [3.63, 3.8) is 0 Å². The molecule has 3 aromatic rings. The van der Waals surface area contributed by atoms with Crippen molar-refractivity contribution < 1.29 is 9.47 Å². The number of benzene rings is 1. The van der Waals surface area contributed by atoms with Crippen molar-refractivity contribution in [1.29, 1.82) is 0 Å². The van der Waals surface area contributed by atoms with Crippen LogP contribution in [0, 0.1) is 0 Å². The Kier molecular flexibility index (Phi) is 6.62. The molecule has 1 aliphatic heterocycles. The molecule has 3 heterocycles. The molecule has 1 fully saturated rings. The minimum Gasteiger partial charge on any atom is -0.493 e. The van der Waals surface area contributed by atoms with Crippen LogP contribution in [0.5, 0.6) is 11.5 Å². The number of aromatic amines is 1. The lowest BCUT2D eigenvalue weighted by molar-refractivity contribution is 0.137. The molecule has 0 spiro atoms. The molecular weight excluding hydrogens is 392 g/mol. The standard InChI is InChI=1S/C24H28N4O3/c1-3-31-21-10-9-17(13-22(21)30-2)16-28-12-5-4-8-20(28)19-14-23(29)27-24(26-19)18-7-6-11-25-15-18/h6-7,9-11,13-15,20H,3-5,8,12,16H2,1-2H3,(H,26,27,29)/t20-/m1/s1. The van der Waals surface area contributed by atoms with Crippen LogP contribution in [0.25, 0.3) is 11.4 Å². The van der Waals surface area contributed by atoms with Crippen LogP contribution in [0.2, 0.25) is 0 Å². The van der Waals surface area contributed by atoms with Gasteiger partial charge in [-0.1, -0.05) is 12.5 Å². The van der Waals surface area contributed by atoms with Gasteiger partial charge in [0.05, 0.1) is 25.5 Å². The van der Waals surface area contributed by atoms with E-state index in [-0.39, 0.29) is 11.6 Å². The number of likely N-dealkylation sites (tertiary alicyclic amines) is 1. The van der Waals surface area contributed by atoms with Gasteiger partial charge in [-0.15, -0.1) is 0 Å². The van der Waals surface area contributed by atoms with Gasteiger partial charge in [0, 0.05) is 30.6 Å². The van der Waals surface area contributed by atoms with Gasteiger partial charge in [0.2, 0.25) is 0 Å². The molecule has 0 aliphatic carbocycles. The summed E-state index contributed by atoms with van der Waals surface area (Å²) in [5, 5.41) is 0. The molecular formula is C24H28N4O3. The summed E-state index contributed by atoms with van der Waals surface area (Å²) in [6, 6.07) is 11.5. The molecule has 2 aromatic heterocycles. The van der Waals surface area contributed by atoms with Crippen LogP contribution >= 0.6 is 0 Å². The largest absolute Gasteiger partial charge is 0.493 e. The van der Waals surface area contributed by atoms with E-state index in [2.05, 4.69) is 20.9 Å². The summed E-state index contributed by atoms with van der Waals surface area (Å²) in [5.41, 5.74) is 2.61. The lowest BCUT2D eigenvalue weighted by Gasteiger charge is -2.35. The SMILES string of the molecule is CCOc1ccc(CN2CCCC[C@@H]2c2cc(=O)[nH]c(-c3cccnc3)n2)cc1OC. The maximum absolute atomic E-state index is 12.4. The van der Waals surface area contributed by atoms with E-state index in [4.69, 9.17) is 14.5 Å². The lowest BCUT2D eigenvalue weighted by Crippen LogP contribution is -2.34. The Morgan fingerprint density at radius 1 is 1.19 bits per heavy atom. The van der Waals surface area contributed by atoms with Gasteiger partial charge in [-0.05, 0) is 56.1 Å². The molecule has 31 heavy (non-hydrogen) atoms. The fourth-order valence-electron chi connectivity index (χ4n) is 4.12. The maximum atomic E-state index is 12.4. The first-order chi connectivity index (χ1) is 15.2.